The van der Waals surface area contributed by atoms with E-state index in [-0.39, 0.29) is 29.1 Å². The first-order valence-corrected chi connectivity index (χ1v) is 10.2. The zero-order chi connectivity index (χ0) is 23.0. The molecule has 32 heavy (non-hydrogen) atoms. The molecule has 1 fully saturated rings. The van der Waals surface area contributed by atoms with E-state index in [0.29, 0.717) is 37.1 Å². The van der Waals surface area contributed by atoms with Crippen LogP contribution in [0.1, 0.15) is 56.9 Å². The number of halogens is 1. The van der Waals surface area contributed by atoms with E-state index in [2.05, 4.69) is 15.5 Å². The van der Waals surface area contributed by atoms with Gasteiger partial charge in [-0.25, -0.2) is 11.0 Å². The molecule has 2 aliphatic rings. The summed E-state index contributed by atoms with van der Waals surface area (Å²) in [6, 6.07) is 5.41. The largest absolute Gasteiger partial charge is 0.340 e. The van der Waals surface area contributed by atoms with Crippen molar-refractivity contribution < 1.29 is 18.8 Å². The van der Waals surface area contributed by atoms with Gasteiger partial charge in [-0.3, -0.25) is 14.4 Å². The van der Waals surface area contributed by atoms with Gasteiger partial charge in [0.15, 0.2) is 0 Å². The van der Waals surface area contributed by atoms with Crippen LogP contribution in [0.5, 0.6) is 0 Å². The Labute approximate surface area is 183 Å². The minimum absolute atomic E-state index is 0.134. The molecular formula is C23H20FN5O3. The summed E-state index contributed by atoms with van der Waals surface area (Å²) in [6.07, 6.45) is 2.62. The molecule has 0 atom stereocenters. The summed E-state index contributed by atoms with van der Waals surface area (Å²) >= 11 is 0. The Hall–Kier alpha value is -3.98. The molecule has 2 heterocycles. The molecule has 2 N–H and O–H groups in total. The van der Waals surface area contributed by atoms with E-state index in [1.807, 2.05) is 0 Å². The molecule has 1 aromatic carbocycles. The minimum Gasteiger partial charge on any atom is -0.340 e. The zero-order valence-electron chi connectivity index (χ0n) is 17.4. The molecule has 9 heteroatoms. The number of Topliss-reactive ketones (excluding diaryl/α,β-unsaturated/α-hetero) is 1. The number of anilines is 1. The molecule has 8 nitrogen and oxygen atoms in total. The summed E-state index contributed by atoms with van der Waals surface area (Å²) < 4.78 is 15.3. The molecule has 2 amide bonds. The average Bonchev–Trinajstić information content (AvgIpc) is 3.23. The van der Waals surface area contributed by atoms with E-state index in [4.69, 9.17) is 11.8 Å². The summed E-state index contributed by atoms with van der Waals surface area (Å²) in [6.45, 7) is 9.32. The lowest BCUT2D eigenvalue weighted by atomic mass is 10.0. The van der Waals surface area contributed by atoms with E-state index in [1.54, 1.807) is 17.6 Å². The van der Waals surface area contributed by atoms with Gasteiger partial charge >= 0.3 is 0 Å². The Morgan fingerprint density at radius 2 is 2.09 bits per heavy atom. The summed E-state index contributed by atoms with van der Waals surface area (Å²) in [5, 5.41) is 14.4. The van der Waals surface area contributed by atoms with E-state index >= 15 is 0 Å². The van der Waals surface area contributed by atoms with Crippen LogP contribution in [-0.2, 0) is 17.8 Å². The van der Waals surface area contributed by atoms with Crippen LogP contribution in [0.3, 0.4) is 0 Å². The number of nitrogens with one attached hydrogen (secondary N) is 2. The summed E-state index contributed by atoms with van der Waals surface area (Å²) in [7, 11) is 0. The molecule has 0 radical (unpaired) electrons. The van der Waals surface area contributed by atoms with Gasteiger partial charge in [-0.2, -0.15) is 5.26 Å². The molecule has 1 aliphatic carbocycles. The van der Waals surface area contributed by atoms with Crippen molar-refractivity contribution in [1.82, 2.24) is 9.88 Å². The lowest BCUT2D eigenvalue weighted by molar-refractivity contribution is -0.117. The van der Waals surface area contributed by atoms with E-state index in [9.17, 15) is 18.8 Å². The number of fused-ring (bicyclic) bond motifs is 1. The first-order valence-electron chi connectivity index (χ1n) is 10.2. The van der Waals surface area contributed by atoms with Gasteiger partial charge < -0.3 is 20.0 Å². The highest BCUT2D eigenvalue weighted by Gasteiger charge is 2.49. The van der Waals surface area contributed by atoms with Crippen LogP contribution >= 0.6 is 0 Å². The number of carbonyl (C=O) groups excluding carboxylic acids is 3. The van der Waals surface area contributed by atoms with Crippen LogP contribution < -0.4 is 10.6 Å². The molecule has 0 unspecified atom stereocenters. The Bertz CT molecular complexity index is 1240. The monoisotopic (exact) mass is 433 g/mol. The van der Waals surface area contributed by atoms with Crippen molar-refractivity contribution in [2.75, 3.05) is 11.9 Å². The number of nitrogens with zero attached hydrogens (tertiary/aromatic N) is 3. The van der Waals surface area contributed by atoms with Gasteiger partial charge in [-0.1, -0.05) is 0 Å². The highest BCUT2D eigenvalue weighted by atomic mass is 19.1. The third-order valence-corrected chi connectivity index (χ3v) is 6.02. The van der Waals surface area contributed by atoms with Crippen molar-refractivity contribution in [2.45, 2.75) is 44.7 Å². The third-order valence-electron chi connectivity index (χ3n) is 6.02. The Morgan fingerprint density at radius 1 is 1.34 bits per heavy atom. The highest BCUT2D eigenvalue weighted by molar-refractivity contribution is 6.44. The molecule has 2 aromatic rings. The molecule has 0 spiro atoms. The second-order valence-electron chi connectivity index (χ2n) is 8.19. The van der Waals surface area contributed by atoms with Crippen LogP contribution in [0.4, 0.5) is 10.1 Å². The van der Waals surface area contributed by atoms with Crippen molar-refractivity contribution >= 4 is 23.3 Å². The molecule has 0 saturated heterocycles. The van der Waals surface area contributed by atoms with Gasteiger partial charge in [0.2, 0.25) is 6.54 Å². The maximum absolute atomic E-state index is 13.6. The molecule has 162 valence electrons. The van der Waals surface area contributed by atoms with Crippen molar-refractivity contribution in [3.63, 3.8) is 0 Å². The summed E-state index contributed by atoms with van der Waals surface area (Å²) in [5.74, 6) is -2.67. The van der Waals surface area contributed by atoms with Crippen LogP contribution in [0.15, 0.2) is 18.2 Å². The van der Waals surface area contributed by atoms with Crippen molar-refractivity contribution in [2.24, 2.45) is 0 Å². The normalized spacial score (nSPS) is 15.2. The van der Waals surface area contributed by atoms with Gasteiger partial charge in [0.1, 0.15) is 23.1 Å². The van der Waals surface area contributed by atoms with Crippen molar-refractivity contribution in [3.8, 4) is 6.07 Å². The van der Waals surface area contributed by atoms with Gasteiger partial charge in [0.25, 0.3) is 17.6 Å². The Morgan fingerprint density at radius 3 is 2.75 bits per heavy atom. The fourth-order valence-electron chi connectivity index (χ4n) is 4.23. The van der Waals surface area contributed by atoms with E-state index in [0.717, 1.165) is 12.5 Å². The number of amides is 2. The lowest BCUT2D eigenvalue weighted by Crippen LogP contribution is -2.42. The lowest BCUT2D eigenvalue weighted by Gasteiger charge is -2.11. The fourth-order valence-corrected chi connectivity index (χ4v) is 4.23. The number of nitriles is 1. The topological polar surface area (TPSA) is 108 Å². The van der Waals surface area contributed by atoms with Gasteiger partial charge in [0.05, 0.1) is 11.1 Å². The highest BCUT2D eigenvalue weighted by Crippen LogP contribution is 2.36. The summed E-state index contributed by atoms with van der Waals surface area (Å²) in [5.41, 5.74) is 0.961. The second kappa shape index (κ2) is 7.93. The number of hydrogen-bond acceptors (Lipinski definition) is 4. The predicted octanol–water partition coefficient (Wildman–Crippen LogP) is 2.76. The smallest absolute Gasteiger partial charge is 0.293 e. The van der Waals surface area contributed by atoms with Gasteiger partial charge in [0, 0.05) is 17.9 Å². The average molecular weight is 433 g/mol. The maximum atomic E-state index is 13.6. The second-order valence-corrected chi connectivity index (χ2v) is 8.19. The SMILES string of the molecule is [C-]#[N+]CC1(NC(=O)C(=O)c2c(C)c(C(=O)Nc3ccc(F)c(C#N)c3)n3c2CCC3)CC1. The zero-order valence-corrected chi connectivity index (χ0v) is 17.4. The van der Waals surface area contributed by atoms with Crippen LogP contribution in [0.2, 0.25) is 0 Å². The number of aromatic nitrogens is 1. The predicted molar refractivity (Wildman–Crippen MR) is 112 cm³/mol. The summed E-state index contributed by atoms with van der Waals surface area (Å²) in [4.78, 5) is 42.1. The third kappa shape index (κ3) is 3.63. The standard InChI is InChI=1S/C23H20FN5O3/c1-13-18(20(30)22(32)28-23(7-8-23)12-26-2)17-4-3-9-29(17)19(13)21(31)27-15-5-6-16(24)14(10-15)11-25/h5-6,10H,3-4,7-9,12H2,1H3,(H,27,31)(H,28,32). The van der Waals surface area contributed by atoms with Crippen LogP contribution in [0, 0.1) is 30.6 Å². The number of rotatable bonds is 6. The molecule has 1 aromatic heterocycles. The molecule has 0 bridgehead atoms. The molecule has 1 aliphatic heterocycles. The number of hydrogen-bond donors (Lipinski definition) is 2. The van der Waals surface area contributed by atoms with Crippen LogP contribution in [-0.4, -0.2) is 34.2 Å². The van der Waals surface area contributed by atoms with Crippen molar-refractivity contribution in [1.29, 1.82) is 5.26 Å². The number of benzene rings is 1. The van der Waals surface area contributed by atoms with E-state index in [1.165, 1.54) is 12.1 Å². The minimum atomic E-state index is -0.765. The molecule has 1 saturated carbocycles. The first kappa shape index (κ1) is 21.3. The van der Waals surface area contributed by atoms with Crippen LogP contribution in [0.25, 0.3) is 4.85 Å². The molecule has 4 rings (SSSR count). The maximum Gasteiger partial charge on any atom is 0.293 e. The van der Waals surface area contributed by atoms with E-state index < -0.39 is 29.0 Å². The first-order chi connectivity index (χ1) is 15.3. The Balaban J connectivity index is 1.63. The van der Waals surface area contributed by atoms with Gasteiger partial charge in [-0.15, -0.1) is 0 Å². The fraction of sp³-hybridized carbons (Fsp3) is 0.348. The number of carbonyl (C=O) groups is 3. The number of ketones is 1. The Kier molecular flexibility index (Phi) is 5.27. The van der Waals surface area contributed by atoms with Gasteiger partial charge in [-0.05, 0) is 56.4 Å². The van der Waals surface area contributed by atoms with Crippen molar-refractivity contribution in [3.05, 3.63) is 63.5 Å². The quantitative estimate of drug-likeness (QED) is 0.415. The molecular weight excluding hydrogens is 413 g/mol.